The Morgan fingerprint density at radius 3 is 2.57 bits per heavy atom. The van der Waals surface area contributed by atoms with Crippen molar-refractivity contribution in [3.05, 3.63) is 65.3 Å². The number of sulfonamides is 1. The van der Waals surface area contributed by atoms with Gasteiger partial charge in [0.25, 0.3) is 5.91 Å². The van der Waals surface area contributed by atoms with Gasteiger partial charge in [-0.3, -0.25) is 14.5 Å². The van der Waals surface area contributed by atoms with E-state index in [-0.39, 0.29) is 11.7 Å². The highest BCUT2D eigenvalue weighted by Crippen LogP contribution is 2.24. The number of amides is 1. The Morgan fingerprint density at radius 1 is 1.07 bits per heavy atom. The monoisotopic (exact) mass is 446 g/mol. The maximum absolute atomic E-state index is 12.2. The van der Waals surface area contributed by atoms with Crippen LogP contribution in [-0.2, 0) is 10.0 Å². The number of fused-ring (bicyclic) bond motifs is 1. The smallest absolute Gasteiger partial charge is 0.251 e. The molecule has 0 spiro atoms. The number of anilines is 2. The number of carbonyl (C=O) groups excluding carboxylic acids is 1. The summed E-state index contributed by atoms with van der Waals surface area (Å²) in [6.45, 7) is 2.75. The number of carbonyl (C=O) groups is 1. The highest BCUT2D eigenvalue weighted by Gasteiger charge is 2.09. The van der Waals surface area contributed by atoms with Crippen LogP contribution in [0.1, 0.15) is 23.7 Å². The second-order valence-electron chi connectivity index (χ2n) is 6.64. The molecule has 0 unspecified atom stereocenters. The van der Waals surface area contributed by atoms with Gasteiger partial charge in [0.2, 0.25) is 10.0 Å². The van der Waals surface area contributed by atoms with E-state index < -0.39 is 10.0 Å². The number of benzene rings is 2. The molecular formula is C21H23ClN4O3S. The standard InChI is InChI=1S/C21H23ClN4O3S/c1-2-30(28,29)26-17-7-4-15(5-8-17)21(27)25-12-3-11-23-19-10-13-24-20-14-16(22)6-9-18(19)20/h4-10,13-14,26H,2-3,11-12H2,1H3,(H,23,24)(H,25,27). The molecule has 0 aliphatic rings. The van der Waals surface area contributed by atoms with Gasteiger partial charge in [-0.05, 0) is 61.9 Å². The molecule has 2 aromatic carbocycles. The Morgan fingerprint density at radius 2 is 1.83 bits per heavy atom. The lowest BCUT2D eigenvalue weighted by molar-refractivity contribution is 0.0953. The number of pyridine rings is 1. The van der Waals surface area contributed by atoms with Crippen LogP contribution in [0.15, 0.2) is 54.7 Å². The van der Waals surface area contributed by atoms with E-state index in [1.807, 2.05) is 24.3 Å². The molecule has 0 bridgehead atoms. The summed E-state index contributed by atoms with van der Waals surface area (Å²) < 4.78 is 25.6. The molecule has 158 valence electrons. The summed E-state index contributed by atoms with van der Waals surface area (Å²) in [6.07, 6.45) is 2.46. The molecule has 0 fully saturated rings. The first-order chi connectivity index (χ1) is 14.4. The fraction of sp³-hybridized carbons (Fsp3) is 0.238. The maximum atomic E-state index is 12.2. The second-order valence-corrected chi connectivity index (χ2v) is 9.09. The van der Waals surface area contributed by atoms with E-state index in [0.29, 0.717) is 29.4 Å². The zero-order valence-electron chi connectivity index (χ0n) is 16.5. The summed E-state index contributed by atoms with van der Waals surface area (Å²) in [5, 5.41) is 7.85. The normalized spacial score (nSPS) is 11.3. The van der Waals surface area contributed by atoms with Crippen LogP contribution in [0.2, 0.25) is 5.02 Å². The van der Waals surface area contributed by atoms with Crippen molar-refractivity contribution in [1.29, 1.82) is 0 Å². The van der Waals surface area contributed by atoms with Crippen LogP contribution in [0.3, 0.4) is 0 Å². The fourth-order valence-electron chi connectivity index (χ4n) is 2.83. The van der Waals surface area contributed by atoms with E-state index in [2.05, 4.69) is 20.3 Å². The third-order valence-electron chi connectivity index (χ3n) is 4.46. The molecule has 3 N–H and O–H groups in total. The van der Waals surface area contributed by atoms with Gasteiger partial charge in [0.15, 0.2) is 0 Å². The van der Waals surface area contributed by atoms with Gasteiger partial charge < -0.3 is 10.6 Å². The van der Waals surface area contributed by atoms with Gasteiger partial charge in [0, 0.05) is 46.6 Å². The zero-order valence-corrected chi connectivity index (χ0v) is 18.1. The average molecular weight is 447 g/mol. The van der Waals surface area contributed by atoms with E-state index in [1.165, 1.54) is 0 Å². The van der Waals surface area contributed by atoms with E-state index in [4.69, 9.17) is 11.6 Å². The lowest BCUT2D eigenvalue weighted by Crippen LogP contribution is -2.25. The van der Waals surface area contributed by atoms with Crippen molar-refractivity contribution in [3.8, 4) is 0 Å². The number of hydrogen-bond acceptors (Lipinski definition) is 5. The number of nitrogens with zero attached hydrogens (tertiary/aromatic N) is 1. The van der Waals surface area contributed by atoms with Crippen LogP contribution in [0.4, 0.5) is 11.4 Å². The number of halogens is 1. The molecule has 7 nitrogen and oxygen atoms in total. The SMILES string of the molecule is CCS(=O)(=O)Nc1ccc(C(=O)NCCCNc2ccnc3cc(Cl)ccc23)cc1. The summed E-state index contributed by atoms with van der Waals surface area (Å²) in [4.78, 5) is 16.6. The molecule has 9 heteroatoms. The van der Waals surface area contributed by atoms with E-state index in [1.54, 1.807) is 37.4 Å². The highest BCUT2D eigenvalue weighted by atomic mass is 35.5. The Kier molecular flexibility index (Phi) is 7.12. The number of hydrogen-bond donors (Lipinski definition) is 3. The molecule has 0 aliphatic carbocycles. The van der Waals surface area contributed by atoms with Crippen LogP contribution in [0, 0.1) is 0 Å². The average Bonchev–Trinajstić information content (AvgIpc) is 2.73. The highest BCUT2D eigenvalue weighted by molar-refractivity contribution is 7.92. The zero-order chi connectivity index (χ0) is 21.6. The summed E-state index contributed by atoms with van der Waals surface area (Å²) in [6, 6.07) is 13.8. The van der Waals surface area contributed by atoms with Gasteiger partial charge in [-0.2, -0.15) is 0 Å². The molecule has 0 saturated carbocycles. The molecule has 30 heavy (non-hydrogen) atoms. The van der Waals surface area contributed by atoms with Crippen molar-refractivity contribution in [2.75, 3.05) is 28.9 Å². The Bertz CT molecular complexity index is 1130. The lowest BCUT2D eigenvalue weighted by Gasteiger charge is -2.10. The van der Waals surface area contributed by atoms with Gasteiger partial charge in [-0.15, -0.1) is 0 Å². The van der Waals surface area contributed by atoms with E-state index in [9.17, 15) is 13.2 Å². The topological polar surface area (TPSA) is 100 Å². The summed E-state index contributed by atoms with van der Waals surface area (Å²) in [7, 11) is -3.33. The Labute approximate surface area is 180 Å². The van der Waals surface area contributed by atoms with Crippen molar-refractivity contribution in [2.24, 2.45) is 0 Å². The van der Waals surface area contributed by atoms with Crippen LogP contribution in [-0.4, -0.2) is 38.2 Å². The summed E-state index contributed by atoms with van der Waals surface area (Å²) in [5.41, 5.74) is 2.70. The molecule has 0 atom stereocenters. The quantitative estimate of drug-likeness (QED) is 0.433. The van der Waals surface area contributed by atoms with Crippen molar-refractivity contribution in [2.45, 2.75) is 13.3 Å². The van der Waals surface area contributed by atoms with E-state index >= 15 is 0 Å². The first-order valence-electron chi connectivity index (χ1n) is 9.55. The van der Waals surface area contributed by atoms with Gasteiger partial charge >= 0.3 is 0 Å². The fourth-order valence-corrected chi connectivity index (χ4v) is 3.64. The molecule has 1 aromatic heterocycles. The van der Waals surface area contributed by atoms with Gasteiger partial charge in [-0.25, -0.2) is 8.42 Å². The number of nitrogens with one attached hydrogen (secondary N) is 3. The minimum atomic E-state index is -3.33. The molecule has 3 rings (SSSR count). The van der Waals surface area contributed by atoms with E-state index in [0.717, 1.165) is 23.0 Å². The maximum Gasteiger partial charge on any atom is 0.251 e. The minimum Gasteiger partial charge on any atom is -0.384 e. The van der Waals surface area contributed by atoms with Crippen LogP contribution >= 0.6 is 11.6 Å². The Balaban J connectivity index is 1.46. The second kappa shape index (κ2) is 9.77. The molecular weight excluding hydrogens is 424 g/mol. The largest absolute Gasteiger partial charge is 0.384 e. The predicted octanol–water partition coefficient (Wildman–Crippen LogP) is 3.88. The van der Waals surface area contributed by atoms with Crippen LogP contribution in [0.5, 0.6) is 0 Å². The minimum absolute atomic E-state index is 0.00763. The molecule has 0 aliphatic heterocycles. The summed E-state index contributed by atoms with van der Waals surface area (Å²) >= 11 is 6.01. The van der Waals surface area contributed by atoms with Gasteiger partial charge in [0.05, 0.1) is 11.3 Å². The molecule has 3 aromatic rings. The first kappa shape index (κ1) is 21.9. The molecule has 1 amide bonds. The van der Waals surface area contributed by atoms with Crippen molar-refractivity contribution in [3.63, 3.8) is 0 Å². The number of aromatic nitrogens is 1. The van der Waals surface area contributed by atoms with Gasteiger partial charge in [0.1, 0.15) is 0 Å². The summed E-state index contributed by atoms with van der Waals surface area (Å²) in [5.74, 6) is -0.212. The van der Waals surface area contributed by atoms with Crippen molar-refractivity contribution >= 4 is 49.8 Å². The van der Waals surface area contributed by atoms with Crippen LogP contribution in [0.25, 0.3) is 10.9 Å². The molecule has 1 heterocycles. The number of rotatable bonds is 9. The first-order valence-corrected chi connectivity index (χ1v) is 11.6. The predicted molar refractivity (Wildman–Crippen MR) is 122 cm³/mol. The third kappa shape index (κ3) is 5.84. The van der Waals surface area contributed by atoms with Crippen molar-refractivity contribution < 1.29 is 13.2 Å². The molecule has 0 saturated heterocycles. The lowest BCUT2D eigenvalue weighted by atomic mass is 10.2. The van der Waals surface area contributed by atoms with Gasteiger partial charge in [-0.1, -0.05) is 11.6 Å². The third-order valence-corrected chi connectivity index (χ3v) is 6.00. The molecule has 0 radical (unpaired) electrons. The Hall–Kier alpha value is -2.84. The van der Waals surface area contributed by atoms with Crippen molar-refractivity contribution in [1.82, 2.24) is 10.3 Å². The van der Waals surface area contributed by atoms with Crippen LogP contribution < -0.4 is 15.4 Å².